The molecule has 2 aromatic carbocycles. The van der Waals surface area contributed by atoms with Gasteiger partial charge >= 0.3 is 0 Å². The van der Waals surface area contributed by atoms with E-state index in [9.17, 15) is 35.4 Å². The van der Waals surface area contributed by atoms with E-state index < -0.39 is 54.2 Å². The first-order chi connectivity index (χ1) is 16.7. The Morgan fingerprint density at radius 2 is 1.69 bits per heavy atom. The van der Waals surface area contributed by atoms with Gasteiger partial charge in [0.1, 0.15) is 46.9 Å². The van der Waals surface area contributed by atoms with Crippen molar-refractivity contribution in [2.75, 3.05) is 20.8 Å². The molecule has 1 aliphatic heterocycles. The van der Waals surface area contributed by atoms with Crippen molar-refractivity contribution in [3.05, 3.63) is 40.6 Å². The number of aliphatic hydroxyl groups excluding tert-OH is 4. The number of fused-ring (bicyclic) bond motifs is 1. The third-order valence-electron chi connectivity index (χ3n) is 5.67. The van der Waals surface area contributed by atoms with Gasteiger partial charge in [0.15, 0.2) is 17.3 Å². The largest absolute Gasteiger partial charge is 0.507 e. The summed E-state index contributed by atoms with van der Waals surface area (Å²) in [5.74, 6) is -1.16. The Morgan fingerprint density at radius 3 is 2.31 bits per heavy atom. The van der Waals surface area contributed by atoms with E-state index in [0.717, 1.165) is 0 Å². The summed E-state index contributed by atoms with van der Waals surface area (Å²) < 4.78 is 27.0. The Balaban J connectivity index is 1.91. The second-order valence-corrected chi connectivity index (χ2v) is 7.81. The lowest BCUT2D eigenvalue weighted by Gasteiger charge is -2.39. The number of phenols is 2. The zero-order valence-electron chi connectivity index (χ0n) is 18.6. The van der Waals surface area contributed by atoms with Crippen LogP contribution in [0, 0.1) is 0 Å². The average molecular weight is 492 g/mol. The maximum absolute atomic E-state index is 13.5. The summed E-state index contributed by atoms with van der Waals surface area (Å²) in [5.41, 5.74) is -0.781. The molecule has 1 saturated heterocycles. The van der Waals surface area contributed by atoms with E-state index in [1.54, 1.807) is 0 Å². The number of hydrogen-bond acceptors (Lipinski definition) is 12. The van der Waals surface area contributed by atoms with E-state index in [1.165, 1.54) is 44.6 Å². The van der Waals surface area contributed by atoms with Crippen LogP contribution in [0.4, 0.5) is 0 Å². The maximum Gasteiger partial charge on any atom is 0.239 e. The fraction of sp³-hybridized carbons (Fsp3) is 0.348. The zero-order chi connectivity index (χ0) is 25.4. The van der Waals surface area contributed by atoms with Crippen LogP contribution in [-0.4, -0.2) is 82.2 Å². The van der Waals surface area contributed by atoms with Gasteiger partial charge in [0.25, 0.3) is 0 Å². The predicted molar refractivity (Wildman–Crippen MR) is 119 cm³/mol. The first kappa shape index (κ1) is 24.6. The number of aliphatic hydroxyl groups is 4. The molecule has 12 heteroatoms. The second kappa shape index (κ2) is 9.60. The van der Waals surface area contributed by atoms with Crippen LogP contribution in [0.2, 0.25) is 0 Å². The average Bonchev–Trinajstić information content (AvgIpc) is 2.85. The van der Waals surface area contributed by atoms with Gasteiger partial charge in [-0.1, -0.05) is 0 Å². The van der Waals surface area contributed by atoms with Crippen molar-refractivity contribution < 1.29 is 54.0 Å². The maximum atomic E-state index is 13.5. The van der Waals surface area contributed by atoms with Gasteiger partial charge in [0, 0.05) is 17.7 Å². The summed E-state index contributed by atoms with van der Waals surface area (Å²) >= 11 is 0. The standard InChI is InChI=1S/C23H24O12/c1-31-10-6-12(26)16-14(7-10)33-21(9-3-4-13(32-2)11(25)5-9)22(18(16)28)35-23-20(30)19(29)17(27)15(8-24)34-23/h3-7,15,17,19-20,23-27,29-30H,8H2,1-2H3/t15-,17-,19?,20?,23-/m1/s1. The van der Waals surface area contributed by atoms with Crippen molar-refractivity contribution in [3.8, 4) is 40.1 Å². The molecule has 5 atom stereocenters. The Kier molecular flexibility index (Phi) is 6.74. The van der Waals surface area contributed by atoms with E-state index in [4.69, 9.17) is 23.4 Å². The number of benzene rings is 2. The molecule has 1 fully saturated rings. The van der Waals surface area contributed by atoms with E-state index >= 15 is 0 Å². The number of phenolic OH excluding ortho intramolecular Hbond substituents is 2. The van der Waals surface area contributed by atoms with Crippen molar-refractivity contribution in [1.29, 1.82) is 0 Å². The first-order valence-electron chi connectivity index (χ1n) is 10.4. The van der Waals surface area contributed by atoms with Gasteiger partial charge in [-0.25, -0.2) is 0 Å². The summed E-state index contributed by atoms with van der Waals surface area (Å²) in [4.78, 5) is 13.5. The molecular formula is C23H24O12. The molecule has 0 saturated carbocycles. The molecule has 0 aliphatic carbocycles. The Morgan fingerprint density at radius 1 is 0.943 bits per heavy atom. The molecular weight excluding hydrogens is 468 g/mol. The zero-order valence-corrected chi connectivity index (χ0v) is 18.6. The normalized spacial score (nSPS) is 24.3. The van der Waals surface area contributed by atoms with Crippen LogP contribution in [-0.2, 0) is 4.74 Å². The van der Waals surface area contributed by atoms with E-state index in [-0.39, 0.29) is 39.5 Å². The van der Waals surface area contributed by atoms with Gasteiger partial charge in [0.2, 0.25) is 17.5 Å². The molecule has 0 bridgehead atoms. The number of ether oxygens (including phenoxy) is 4. The van der Waals surface area contributed by atoms with Crippen molar-refractivity contribution in [1.82, 2.24) is 0 Å². The molecule has 1 aromatic heterocycles. The van der Waals surface area contributed by atoms with Crippen LogP contribution >= 0.6 is 0 Å². The lowest BCUT2D eigenvalue weighted by molar-refractivity contribution is -0.277. The Labute approximate surface area is 197 Å². The molecule has 3 aromatic rings. The first-order valence-corrected chi connectivity index (χ1v) is 10.4. The Hall–Kier alpha value is -3.55. The highest BCUT2D eigenvalue weighted by Crippen LogP contribution is 2.39. The molecule has 12 nitrogen and oxygen atoms in total. The van der Waals surface area contributed by atoms with Crippen LogP contribution in [0.25, 0.3) is 22.3 Å². The van der Waals surface area contributed by atoms with Crippen LogP contribution in [0.5, 0.6) is 28.7 Å². The minimum absolute atomic E-state index is 0.0710. The quantitative estimate of drug-likeness (QED) is 0.272. The summed E-state index contributed by atoms with van der Waals surface area (Å²) in [7, 11) is 2.71. The molecule has 0 amide bonds. The van der Waals surface area contributed by atoms with Gasteiger partial charge in [-0.2, -0.15) is 0 Å². The molecule has 6 N–H and O–H groups in total. The lowest BCUT2D eigenvalue weighted by atomic mass is 9.99. The van der Waals surface area contributed by atoms with Gasteiger partial charge in [-0.05, 0) is 18.2 Å². The smallest absolute Gasteiger partial charge is 0.239 e. The second-order valence-electron chi connectivity index (χ2n) is 7.81. The van der Waals surface area contributed by atoms with Crippen molar-refractivity contribution in [2.24, 2.45) is 0 Å². The van der Waals surface area contributed by atoms with Crippen LogP contribution < -0.4 is 19.6 Å². The summed E-state index contributed by atoms with van der Waals surface area (Å²) in [5, 5.41) is 60.4. The fourth-order valence-electron chi connectivity index (χ4n) is 3.78. The molecule has 2 heterocycles. The SMILES string of the molecule is COc1cc(O)c2c(=O)c(O[C@H]3O[C@H](CO)[C@@H](O)C(O)C3O)c(-c3ccc(OC)c(O)c3)oc2c1. The highest BCUT2D eigenvalue weighted by Gasteiger charge is 2.45. The van der Waals surface area contributed by atoms with Gasteiger partial charge in [0.05, 0.1) is 20.8 Å². The molecule has 188 valence electrons. The summed E-state index contributed by atoms with van der Waals surface area (Å²) in [6, 6.07) is 6.66. The third kappa shape index (κ3) is 4.33. The van der Waals surface area contributed by atoms with Gasteiger partial charge < -0.3 is 54.0 Å². The molecule has 0 spiro atoms. The van der Waals surface area contributed by atoms with Gasteiger partial charge in [-0.3, -0.25) is 4.79 Å². The van der Waals surface area contributed by atoms with Crippen LogP contribution in [0.1, 0.15) is 0 Å². The third-order valence-corrected chi connectivity index (χ3v) is 5.67. The van der Waals surface area contributed by atoms with Crippen LogP contribution in [0.3, 0.4) is 0 Å². The molecule has 2 unspecified atom stereocenters. The molecule has 0 radical (unpaired) electrons. The summed E-state index contributed by atoms with van der Waals surface area (Å²) in [6.45, 7) is -0.711. The van der Waals surface area contributed by atoms with Crippen molar-refractivity contribution in [2.45, 2.75) is 30.7 Å². The number of rotatable bonds is 6. The predicted octanol–water partition coefficient (Wildman–Crippen LogP) is 0.0671. The lowest BCUT2D eigenvalue weighted by Crippen LogP contribution is -2.60. The van der Waals surface area contributed by atoms with E-state index in [1.807, 2.05) is 0 Å². The highest BCUT2D eigenvalue weighted by molar-refractivity contribution is 5.88. The molecule has 35 heavy (non-hydrogen) atoms. The minimum atomic E-state index is -1.82. The minimum Gasteiger partial charge on any atom is -0.507 e. The number of aromatic hydroxyl groups is 2. The van der Waals surface area contributed by atoms with Crippen LogP contribution in [0.15, 0.2) is 39.5 Å². The number of methoxy groups -OCH3 is 2. The number of hydrogen-bond donors (Lipinski definition) is 6. The van der Waals surface area contributed by atoms with Gasteiger partial charge in [-0.15, -0.1) is 0 Å². The summed E-state index contributed by atoms with van der Waals surface area (Å²) in [6.07, 6.45) is -8.22. The van der Waals surface area contributed by atoms with Crippen molar-refractivity contribution >= 4 is 11.0 Å². The highest BCUT2D eigenvalue weighted by atomic mass is 16.7. The molecule has 1 aliphatic rings. The fourth-order valence-corrected chi connectivity index (χ4v) is 3.78. The topological polar surface area (TPSA) is 189 Å². The van der Waals surface area contributed by atoms with E-state index in [0.29, 0.717) is 0 Å². The monoisotopic (exact) mass is 492 g/mol. The van der Waals surface area contributed by atoms with E-state index in [2.05, 4.69) is 0 Å². The van der Waals surface area contributed by atoms with Crippen molar-refractivity contribution in [3.63, 3.8) is 0 Å². The molecule has 4 rings (SSSR count). The Bertz CT molecular complexity index is 1280.